The fourth-order valence-electron chi connectivity index (χ4n) is 3.51. The molecule has 0 saturated carbocycles. The van der Waals surface area contributed by atoms with E-state index in [9.17, 15) is 14.9 Å². The number of nitro groups is 1. The second-order valence-corrected chi connectivity index (χ2v) is 6.71. The molecule has 3 heterocycles. The lowest BCUT2D eigenvalue weighted by molar-refractivity contribution is -0.384. The molecule has 1 fully saturated rings. The number of nitrogens with zero attached hydrogens (tertiary/aromatic N) is 6. The predicted molar refractivity (Wildman–Crippen MR) is 103 cm³/mol. The standard InChI is InChI=1S/C18H20N6O4/c1-21-11-16(25)23(13-2-4-14(5-3-13)24(26)27)10-15-17(21)19-12-20-18(15)22-6-8-28-9-7-22/h2-5,12H,6-11H2,1H3. The van der Waals surface area contributed by atoms with Gasteiger partial charge in [-0.15, -0.1) is 0 Å². The lowest BCUT2D eigenvalue weighted by Gasteiger charge is -2.30. The Morgan fingerprint density at radius 3 is 2.43 bits per heavy atom. The Morgan fingerprint density at radius 2 is 1.75 bits per heavy atom. The Hall–Kier alpha value is -3.27. The van der Waals surface area contributed by atoms with Gasteiger partial charge in [0, 0.05) is 38.0 Å². The van der Waals surface area contributed by atoms with Gasteiger partial charge in [-0.05, 0) is 12.1 Å². The Labute approximate surface area is 161 Å². The molecule has 0 aliphatic carbocycles. The van der Waals surface area contributed by atoms with Crippen LogP contribution in [-0.4, -0.2) is 60.7 Å². The van der Waals surface area contributed by atoms with Crippen LogP contribution in [0.3, 0.4) is 0 Å². The third-order valence-electron chi connectivity index (χ3n) is 4.93. The number of anilines is 3. The number of hydrogen-bond acceptors (Lipinski definition) is 8. The SMILES string of the molecule is CN1CC(=O)N(c2ccc([N+](=O)[O-])cc2)Cc2c1ncnc2N1CCOCC1. The number of nitro benzene ring substituents is 1. The van der Waals surface area contributed by atoms with E-state index in [0.29, 0.717) is 31.3 Å². The van der Waals surface area contributed by atoms with Gasteiger partial charge in [-0.2, -0.15) is 0 Å². The highest BCUT2D eigenvalue weighted by Crippen LogP contribution is 2.32. The van der Waals surface area contributed by atoms with E-state index in [0.717, 1.165) is 24.5 Å². The number of morpholine rings is 1. The number of rotatable bonds is 3. The summed E-state index contributed by atoms with van der Waals surface area (Å²) in [5.41, 5.74) is 1.45. The molecule has 1 saturated heterocycles. The van der Waals surface area contributed by atoms with Gasteiger partial charge in [0.25, 0.3) is 5.69 Å². The molecule has 2 aromatic rings. The highest BCUT2D eigenvalue weighted by molar-refractivity contribution is 5.98. The number of aromatic nitrogens is 2. The maximum Gasteiger partial charge on any atom is 0.269 e. The maximum absolute atomic E-state index is 12.9. The van der Waals surface area contributed by atoms with Crippen LogP contribution in [0.2, 0.25) is 0 Å². The van der Waals surface area contributed by atoms with Gasteiger partial charge in [0.1, 0.15) is 18.0 Å². The van der Waals surface area contributed by atoms with E-state index in [1.54, 1.807) is 17.0 Å². The second kappa shape index (κ2) is 7.39. The summed E-state index contributed by atoms with van der Waals surface area (Å²) in [6.45, 7) is 3.14. The van der Waals surface area contributed by atoms with Crippen molar-refractivity contribution in [2.24, 2.45) is 0 Å². The molecule has 1 amide bonds. The zero-order chi connectivity index (χ0) is 19.7. The van der Waals surface area contributed by atoms with Crippen LogP contribution < -0.4 is 14.7 Å². The predicted octanol–water partition coefficient (Wildman–Crippen LogP) is 1.20. The van der Waals surface area contributed by atoms with Crippen molar-refractivity contribution in [1.29, 1.82) is 0 Å². The van der Waals surface area contributed by atoms with E-state index < -0.39 is 4.92 Å². The number of amides is 1. The minimum Gasteiger partial charge on any atom is -0.378 e. The molecule has 2 aliphatic rings. The van der Waals surface area contributed by atoms with Crippen molar-refractivity contribution in [2.45, 2.75) is 6.54 Å². The van der Waals surface area contributed by atoms with Crippen LogP contribution >= 0.6 is 0 Å². The van der Waals surface area contributed by atoms with E-state index in [1.807, 2.05) is 11.9 Å². The van der Waals surface area contributed by atoms with Gasteiger partial charge in [-0.25, -0.2) is 9.97 Å². The molecule has 0 bridgehead atoms. The zero-order valence-electron chi connectivity index (χ0n) is 15.4. The Balaban J connectivity index is 1.73. The number of hydrogen-bond donors (Lipinski definition) is 0. The van der Waals surface area contributed by atoms with Crippen molar-refractivity contribution in [3.63, 3.8) is 0 Å². The molecule has 1 aromatic heterocycles. The molecular formula is C18H20N6O4. The van der Waals surface area contributed by atoms with E-state index in [1.165, 1.54) is 18.5 Å². The Morgan fingerprint density at radius 1 is 1.07 bits per heavy atom. The first-order valence-electron chi connectivity index (χ1n) is 8.97. The van der Waals surface area contributed by atoms with Crippen LogP contribution in [0.25, 0.3) is 0 Å². The maximum atomic E-state index is 12.9. The molecule has 10 nitrogen and oxygen atoms in total. The minimum atomic E-state index is -0.457. The summed E-state index contributed by atoms with van der Waals surface area (Å²) < 4.78 is 5.43. The fraction of sp³-hybridized carbons (Fsp3) is 0.389. The lowest BCUT2D eigenvalue weighted by Crippen LogP contribution is -2.38. The average Bonchev–Trinajstić information content (AvgIpc) is 2.84. The summed E-state index contributed by atoms with van der Waals surface area (Å²) in [4.78, 5) is 37.8. The van der Waals surface area contributed by atoms with Crippen molar-refractivity contribution in [2.75, 3.05) is 54.6 Å². The number of carbonyl (C=O) groups excluding carboxylic acids is 1. The third-order valence-corrected chi connectivity index (χ3v) is 4.93. The molecule has 146 valence electrons. The summed E-state index contributed by atoms with van der Waals surface area (Å²) in [5, 5.41) is 10.9. The van der Waals surface area contributed by atoms with Crippen LogP contribution in [0, 0.1) is 10.1 Å². The van der Waals surface area contributed by atoms with Crippen molar-refractivity contribution in [3.8, 4) is 0 Å². The molecule has 10 heteroatoms. The number of ether oxygens (including phenoxy) is 1. The minimum absolute atomic E-state index is 0.0131. The number of non-ortho nitro benzene ring substituents is 1. The van der Waals surface area contributed by atoms with E-state index >= 15 is 0 Å². The quantitative estimate of drug-likeness (QED) is 0.574. The number of likely N-dealkylation sites (N-methyl/N-ethyl adjacent to an activating group) is 1. The summed E-state index contributed by atoms with van der Waals surface area (Å²) >= 11 is 0. The summed E-state index contributed by atoms with van der Waals surface area (Å²) in [6.07, 6.45) is 1.52. The smallest absolute Gasteiger partial charge is 0.269 e. The Kier molecular flexibility index (Phi) is 4.78. The van der Waals surface area contributed by atoms with Gasteiger partial charge in [0.05, 0.1) is 36.8 Å². The molecule has 0 spiro atoms. The molecule has 28 heavy (non-hydrogen) atoms. The van der Waals surface area contributed by atoms with Crippen molar-refractivity contribution in [1.82, 2.24) is 9.97 Å². The van der Waals surface area contributed by atoms with Crippen LogP contribution in [0.1, 0.15) is 5.56 Å². The van der Waals surface area contributed by atoms with Gasteiger partial charge in [0.2, 0.25) is 5.91 Å². The lowest BCUT2D eigenvalue weighted by atomic mass is 10.2. The van der Waals surface area contributed by atoms with Crippen LogP contribution in [0.5, 0.6) is 0 Å². The molecule has 2 aliphatic heterocycles. The second-order valence-electron chi connectivity index (χ2n) is 6.71. The number of fused-ring (bicyclic) bond motifs is 1. The number of benzene rings is 1. The van der Waals surface area contributed by atoms with E-state index in [4.69, 9.17) is 4.74 Å². The first-order valence-corrected chi connectivity index (χ1v) is 8.97. The van der Waals surface area contributed by atoms with E-state index in [-0.39, 0.29) is 18.1 Å². The van der Waals surface area contributed by atoms with Crippen LogP contribution in [-0.2, 0) is 16.1 Å². The van der Waals surface area contributed by atoms with Gasteiger partial charge in [-0.3, -0.25) is 14.9 Å². The van der Waals surface area contributed by atoms with Gasteiger partial charge >= 0.3 is 0 Å². The largest absolute Gasteiger partial charge is 0.378 e. The third kappa shape index (κ3) is 3.33. The van der Waals surface area contributed by atoms with Gasteiger partial charge in [-0.1, -0.05) is 0 Å². The van der Waals surface area contributed by atoms with Crippen LogP contribution in [0.4, 0.5) is 23.0 Å². The monoisotopic (exact) mass is 384 g/mol. The Bertz CT molecular complexity index is 897. The zero-order valence-corrected chi connectivity index (χ0v) is 15.4. The molecule has 0 unspecified atom stereocenters. The van der Waals surface area contributed by atoms with E-state index in [2.05, 4.69) is 14.9 Å². The highest BCUT2D eigenvalue weighted by Gasteiger charge is 2.30. The molecule has 0 atom stereocenters. The molecule has 0 N–H and O–H groups in total. The van der Waals surface area contributed by atoms with Crippen LogP contribution in [0.15, 0.2) is 30.6 Å². The topological polar surface area (TPSA) is 105 Å². The highest BCUT2D eigenvalue weighted by atomic mass is 16.6. The molecule has 4 rings (SSSR count). The van der Waals surface area contributed by atoms with Crippen molar-refractivity contribution >= 4 is 28.9 Å². The van der Waals surface area contributed by atoms with Crippen molar-refractivity contribution < 1.29 is 14.5 Å². The summed E-state index contributed by atoms with van der Waals surface area (Å²) in [7, 11) is 1.83. The van der Waals surface area contributed by atoms with Gasteiger partial charge in [0.15, 0.2) is 0 Å². The first-order chi connectivity index (χ1) is 13.5. The van der Waals surface area contributed by atoms with Gasteiger partial charge < -0.3 is 19.4 Å². The molecule has 0 radical (unpaired) electrons. The normalized spacial score (nSPS) is 17.3. The summed E-state index contributed by atoms with van der Waals surface area (Å²) in [6, 6.07) is 6.00. The molecular weight excluding hydrogens is 364 g/mol. The first kappa shape index (κ1) is 18.1. The average molecular weight is 384 g/mol. The summed E-state index contributed by atoms with van der Waals surface area (Å²) in [5.74, 6) is 1.40. The fourth-order valence-corrected chi connectivity index (χ4v) is 3.51. The van der Waals surface area contributed by atoms with Crippen molar-refractivity contribution in [3.05, 3.63) is 46.3 Å². The number of carbonyl (C=O) groups is 1. The molecule has 1 aromatic carbocycles.